The minimum absolute atomic E-state index is 0.0117. The van der Waals surface area contributed by atoms with Crippen LogP contribution in [-0.2, 0) is 11.3 Å². The van der Waals surface area contributed by atoms with Gasteiger partial charge in [0.2, 0.25) is 5.91 Å². The number of carbonyl (C=O) groups excluding carboxylic acids is 2. The number of carbonyl (C=O) groups is 2. The number of nitrogens with zero attached hydrogens (tertiary/aromatic N) is 4. The first kappa shape index (κ1) is 23.6. The Bertz CT molecular complexity index is 1260. The molecule has 192 valence electrons. The highest BCUT2D eigenvalue weighted by Crippen LogP contribution is 2.41. The third kappa shape index (κ3) is 4.34. The van der Waals surface area contributed by atoms with Crippen molar-refractivity contribution in [2.75, 3.05) is 31.6 Å². The first-order valence-electron chi connectivity index (χ1n) is 13.2. The number of ether oxygens (including phenoxy) is 1. The first-order valence-corrected chi connectivity index (χ1v) is 13.2. The van der Waals surface area contributed by atoms with Crippen LogP contribution in [0.25, 0.3) is 11.1 Å². The Morgan fingerprint density at radius 1 is 1.11 bits per heavy atom. The molecule has 0 radical (unpaired) electrons. The average molecular weight is 500 g/mol. The van der Waals surface area contributed by atoms with Crippen molar-refractivity contribution >= 4 is 17.6 Å². The quantitative estimate of drug-likeness (QED) is 0.534. The molecular weight excluding hydrogens is 466 g/mol. The van der Waals surface area contributed by atoms with Gasteiger partial charge in [-0.2, -0.15) is 5.10 Å². The topological polar surface area (TPSA) is 81.8 Å². The Hall–Kier alpha value is -3.81. The van der Waals surface area contributed by atoms with Gasteiger partial charge < -0.3 is 14.5 Å². The van der Waals surface area contributed by atoms with E-state index >= 15 is 0 Å². The third-order valence-electron chi connectivity index (χ3n) is 8.43. The van der Waals surface area contributed by atoms with E-state index in [1.165, 1.54) is 0 Å². The number of piperidine rings is 1. The molecule has 1 aliphatic carbocycles. The maximum absolute atomic E-state index is 14.0. The molecule has 0 atom stereocenters. The number of aromatic nitrogens is 2. The molecule has 2 aliphatic heterocycles. The first-order chi connectivity index (χ1) is 18.1. The summed E-state index contributed by atoms with van der Waals surface area (Å²) in [5.74, 6) is 1.29. The molecule has 8 nitrogen and oxygen atoms in total. The lowest BCUT2D eigenvalue weighted by atomic mass is 9.82. The molecule has 0 unspecified atom stereocenters. The van der Waals surface area contributed by atoms with Gasteiger partial charge in [0.05, 0.1) is 25.4 Å². The Labute approximate surface area is 217 Å². The van der Waals surface area contributed by atoms with Gasteiger partial charge in [0.25, 0.3) is 0 Å². The second-order valence-corrected chi connectivity index (χ2v) is 10.5. The third-order valence-corrected chi connectivity index (χ3v) is 8.43. The lowest BCUT2D eigenvalue weighted by Crippen LogP contribution is -2.56. The van der Waals surface area contributed by atoms with Gasteiger partial charge >= 0.3 is 6.03 Å². The van der Waals surface area contributed by atoms with Crippen molar-refractivity contribution in [3.8, 4) is 16.9 Å². The number of benzene rings is 2. The summed E-state index contributed by atoms with van der Waals surface area (Å²) in [6, 6.07) is 16.0. The Morgan fingerprint density at radius 3 is 2.54 bits per heavy atom. The lowest BCUT2D eigenvalue weighted by molar-refractivity contribution is -0.140. The van der Waals surface area contributed by atoms with E-state index in [1.54, 1.807) is 13.3 Å². The molecule has 3 aromatic rings. The number of hydrogen-bond donors (Lipinski definition) is 1. The second-order valence-electron chi connectivity index (χ2n) is 10.5. The predicted molar refractivity (Wildman–Crippen MR) is 141 cm³/mol. The van der Waals surface area contributed by atoms with E-state index in [-0.39, 0.29) is 17.5 Å². The Kier molecular flexibility index (Phi) is 6.10. The largest absolute Gasteiger partial charge is 0.497 e. The summed E-state index contributed by atoms with van der Waals surface area (Å²) in [6.07, 6.45) is 8.41. The van der Waals surface area contributed by atoms with E-state index in [0.29, 0.717) is 32.1 Å². The molecule has 3 aliphatic rings. The molecular formula is C29H33N5O3. The second kappa shape index (κ2) is 9.57. The number of anilines is 1. The molecule has 1 aromatic heterocycles. The maximum atomic E-state index is 14.0. The van der Waals surface area contributed by atoms with Gasteiger partial charge in [-0.05, 0) is 61.1 Å². The molecule has 1 spiro atoms. The van der Waals surface area contributed by atoms with Crippen LogP contribution in [0.4, 0.5) is 10.5 Å². The number of nitrogens with one attached hydrogen (secondary N) is 1. The smallest absolute Gasteiger partial charge is 0.325 e. The lowest BCUT2D eigenvalue weighted by Gasteiger charge is -2.45. The predicted octanol–water partition coefficient (Wildman–Crippen LogP) is 4.69. The highest BCUT2D eigenvalue weighted by molar-refractivity contribution is 5.95. The summed E-state index contributed by atoms with van der Waals surface area (Å²) in [7, 11) is 1.66. The Morgan fingerprint density at radius 2 is 1.89 bits per heavy atom. The minimum Gasteiger partial charge on any atom is -0.497 e. The standard InChI is InChI=1S/C29H33N5O3/c1-37-26-7-2-4-21(16-26)19-34-28(36)33(25-10-8-22(9-11-25)24-17-30-31-18-24)20-29(34)12-14-32(15-13-29)27(35)23-5-3-6-23/h2,4,7-11,16-18,23H,3,5-6,12-15,19-20H2,1H3,(H,30,31). The van der Waals surface area contributed by atoms with E-state index in [1.807, 2.05) is 69.4 Å². The summed E-state index contributed by atoms with van der Waals surface area (Å²) in [5, 5.41) is 6.88. The van der Waals surface area contributed by atoms with Crippen LogP contribution in [0, 0.1) is 5.92 Å². The van der Waals surface area contributed by atoms with E-state index in [2.05, 4.69) is 10.2 Å². The van der Waals surface area contributed by atoms with Crippen LogP contribution in [0.3, 0.4) is 0 Å². The highest BCUT2D eigenvalue weighted by atomic mass is 16.5. The van der Waals surface area contributed by atoms with Crippen molar-refractivity contribution in [3.63, 3.8) is 0 Å². The molecule has 3 heterocycles. The van der Waals surface area contributed by atoms with E-state index in [9.17, 15) is 9.59 Å². The van der Waals surface area contributed by atoms with Crippen LogP contribution < -0.4 is 9.64 Å². The van der Waals surface area contributed by atoms with Crippen LogP contribution in [-0.4, -0.2) is 64.2 Å². The van der Waals surface area contributed by atoms with E-state index < -0.39 is 0 Å². The molecule has 1 saturated carbocycles. The molecule has 2 saturated heterocycles. The summed E-state index contributed by atoms with van der Waals surface area (Å²) >= 11 is 0. The van der Waals surface area contributed by atoms with Crippen LogP contribution in [0.5, 0.6) is 5.75 Å². The number of hydrogen-bond acceptors (Lipinski definition) is 4. The number of aromatic amines is 1. The minimum atomic E-state index is -0.320. The molecule has 0 bridgehead atoms. The number of urea groups is 1. The summed E-state index contributed by atoms with van der Waals surface area (Å²) in [5.41, 5.74) is 3.67. The normalized spacial score (nSPS) is 19.4. The molecule has 37 heavy (non-hydrogen) atoms. The van der Waals surface area contributed by atoms with E-state index in [4.69, 9.17) is 4.74 Å². The van der Waals surface area contributed by atoms with Crippen LogP contribution >= 0.6 is 0 Å². The number of rotatable bonds is 6. The summed E-state index contributed by atoms with van der Waals surface area (Å²) in [6.45, 7) is 2.53. The number of methoxy groups -OCH3 is 1. The SMILES string of the molecule is COc1cccc(CN2C(=O)N(c3ccc(-c4cn[nH]c4)cc3)CC23CCN(C(=O)C2CCC2)CC3)c1. The number of amides is 3. The van der Waals surface area contributed by atoms with E-state index in [0.717, 1.165) is 60.2 Å². The van der Waals surface area contributed by atoms with Crippen molar-refractivity contribution in [1.82, 2.24) is 20.0 Å². The summed E-state index contributed by atoms with van der Waals surface area (Å²) < 4.78 is 5.43. The highest BCUT2D eigenvalue weighted by Gasteiger charge is 2.52. The van der Waals surface area contributed by atoms with Crippen LogP contribution in [0.15, 0.2) is 60.9 Å². The molecule has 3 fully saturated rings. The van der Waals surface area contributed by atoms with Gasteiger partial charge in [-0.15, -0.1) is 0 Å². The van der Waals surface area contributed by atoms with Gasteiger partial charge in [0.15, 0.2) is 0 Å². The van der Waals surface area contributed by atoms with Crippen molar-refractivity contribution in [2.45, 2.75) is 44.2 Å². The van der Waals surface area contributed by atoms with Gasteiger partial charge in [0, 0.05) is 43.0 Å². The van der Waals surface area contributed by atoms with Gasteiger partial charge in [-0.25, -0.2) is 4.79 Å². The van der Waals surface area contributed by atoms with Crippen molar-refractivity contribution < 1.29 is 14.3 Å². The fraction of sp³-hybridized carbons (Fsp3) is 0.414. The van der Waals surface area contributed by atoms with Crippen LogP contribution in [0.2, 0.25) is 0 Å². The van der Waals surface area contributed by atoms with Gasteiger partial charge in [-0.3, -0.25) is 14.8 Å². The summed E-state index contributed by atoms with van der Waals surface area (Å²) in [4.78, 5) is 32.9. The van der Waals surface area contributed by atoms with Crippen molar-refractivity contribution in [3.05, 3.63) is 66.5 Å². The zero-order chi connectivity index (χ0) is 25.4. The fourth-order valence-corrected chi connectivity index (χ4v) is 5.91. The van der Waals surface area contributed by atoms with Crippen molar-refractivity contribution in [1.29, 1.82) is 0 Å². The average Bonchev–Trinajstić information content (AvgIpc) is 3.52. The van der Waals surface area contributed by atoms with Gasteiger partial charge in [-0.1, -0.05) is 30.7 Å². The molecule has 8 heteroatoms. The molecule has 2 aromatic carbocycles. The molecule has 3 amide bonds. The maximum Gasteiger partial charge on any atom is 0.325 e. The van der Waals surface area contributed by atoms with Gasteiger partial charge in [0.1, 0.15) is 5.75 Å². The molecule has 6 rings (SSSR count). The monoisotopic (exact) mass is 499 g/mol. The van der Waals surface area contributed by atoms with Crippen molar-refractivity contribution in [2.24, 2.45) is 5.92 Å². The number of likely N-dealkylation sites (tertiary alicyclic amines) is 1. The zero-order valence-electron chi connectivity index (χ0n) is 21.2. The Balaban J connectivity index is 1.26. The number of H-pyrrole nitrogens is 1. The fourth-order valence-electron chi connectivity index (χ4n) is 5.91. The van der Waals surface area contributed by atoms with Crippen LogP contribution in [0.1, 0.15) is 37.7 Å². The zero-order valence-corrected chi connectivity index (χ0v) is 21.2. The molecule has 1 N–H and O–H groups in total.